The molecule has 2 aliphatic rings. The quantitative estimate of drug-likeness (QED) is 0.666. The first-order valence-corrected chi connectivity index (χ1v) is 9.79. The van der Waals surface area contributed by atoms with Gasteiger partial charge in [-0.2, -0.15) is 0 Å². The fraction of sp³-hybridized carbons (Fsp3) is 0.409. The van der Waals surface area contributed by atoms with Crippen molar-refractivity contribution >= 4 is 18.4 Å². The third-order valence-corrected chi connectivity index (χ3v) is 5.66. The number of carbonyl (C=O) groups excluding carboxylic acids is 1. The van der Waals surface area contributed by atoms with E-state index in [2.05, 4.69) is 0 Å². The molecule has 1 atom stereocenters. The van der Waals surface area contributed by atoms with Crippen LogP contribution in [0.4, 0.5) is 18.0 Å². The lowest BCUT2D eigenvalue weighted by Gasteiger charge is -2.40. The van der Waals surface area contributed by atoms with Crippen LogP contribution in [0, 0.1) is 5.82 Å². The summed E-state index contributed by atoms with van der Waals surface area (Å²) >= 11 is 0. The molecule has 2 aromatic carbocycles. The van der Waals surface area contributed by atoms with E-state index in [1.54, 1.807) is 29.0 Å². The van der Waals surface area contributed by atoms with E-state index in [4.69, 9.17) is 0 Å². The standard InChI is InChI=1S/C22H24F3N3O.ClH/c1-26-12-13-27(15-22(24,25)14-26)21(29)28-11-10-16-4-2-3-5-19(16)20(28)17-6-8-18(23)9-7-17;/h2-9,20H,10-15H2,1H3;1H/t20-;/m0./s1. The number of amides is 2. The SMILES string of the molecule is CN1CCN(C(=O)N2CCc3ccccc3[C@@H]2c2ccc(F)cc2)CC(F)(F)C1.Cl. The molecule has 2 amide bonds. The van der Waals surface area contributed by atoms with Gasteiger partial charge in [-0.15, -0.1) is 12.4 Å². The summed E-state index contributed by atoms with van der Waals surface area (Å²) in [5.74, 6) is -3.31. The van der Waals surface area contributed by atoms with Crippen molar-refractivity contribution in [2.75, 3.05) is 39.8 Å². The van der Waals surface area contributed by atoms with Crippen molar-refractivity contribution in [1.82, 2.24) is 14.7 Å². The zero-order chi connectivity index (χ0) is 20.6. The molecule has 2 aliphatic heterocycles. The minimum atomic E-state index is -2.96. The van der Waals surface area contributed by atoms with Gasteiger partial charge in [0.05, 0.1) is 19.1 Å². The van der Waals surface area contributed by atoms with Gasteiger partial charge in [0.2, 0.25) is 0 Å². The number of nitrogens with zero attached hydrogens (tertiary/aromatic N) is 3. The lowest BCUT2D eigenvalue weighted by Crippen LogP contribution is -2.51. The molecule has 0 radical (unpaired) electrons. The normalized spacial score (nSPS) is 21.4. The molecule has 0 unspecified atom stereocenters. The second-order valence-electron chi connectivity index (χ2n) is 7.89. The number of carbonyl (C=O) groups is 1. The summed E-state index contributed by atoms with van der Waals surface area (Å²) in [5.41, 5.74) is 2.84. The van der Waals surface area contributed by atoms with Crippen molar-refractivity contribution in [2.45, 2.75) is 18.4 Å². The van der Waals surface area contributed by atoms with Gasteiger partial charge in [-0.05, 0) is 42.3 Å². The van der Waals surface area contributed by atoms with Crippen LogP contribution in [0.15, 0.2) is 48.5 Å². The average Bonchev–Trinajstić information content (AvgIpc) is 2.84. The third kappa shape index (κ3) is 4.57. The third-order valence-electron chi connectivity index (χ3n) is 5.66. The fourth-order valence-electron chi connectivity index (χ4n) is 4.30. The van der Waals surface area contributed by atoms with E-state index in [0.29, 0.717) is 19.5 Å². The summed E-state index contributed by atoms with van der Waals surface area (Å²) in [5, 5.41) is 0. The van der Waals surface area contributed by atoms with Crippen LogP contribution in [-0.4, -0.2) is 66.4 Å². The maximum Gasteiger partial charge on any atom is 0.321 e. The Kier molecular flexibility index (Phi) is 6.62. The second kappa shape index (κ2) is 8.86. The van der Waals surface area contributed by atoms with Gasteiger partial charge in [0, 0.05) is 19.6 Å². The second-order valence-corrected chi connectivity index (χ2v) is 7.89. The summed E-state index contributed by atoms with van der Waals surface area (Å²) in [7, 11) is 1.64. The molecule has 4 nitrogen and oxygen atoms in total. The fourth-order valence-corrected chi connectivity index (χ4v) is 4.30. The number of benzene rings is 2. The number of likely N-dealkylation sites (N-methyl/N-ethyl adjacent to an activating group) is 1. The number of hydrogen-bond acceptors (Lipinski definition) is 2. The first kappa shape index (κ1) is 22.4. The van der Waals surface area contributed by atoms with Crippen molar-refractivity contribution in [3.8, 4) is 0 Å². The minimum absolute atomic E-state index is 0. The highest BCUT2D eigenvalue weighted by Crippen LogP contribution is 2.36. The summed E-state index contributed by atoms with van der Waals surface area (Å²) in [6.45, 7) is 0.118. The molecule has 0 spiro atoms. The van der Waals surface area contributed by atoms with E-state index >= 15 is 0 Å². The molecule has 8 heteroatoms. The van der Waals surface area contributed by atoms with Gasteiger partial charge < -0.3 is 9.80 Å². The van der Waals surface area contributed by atoms with Crippen molar-refractivity contribution < 1.29 is 18.0 Å². The topological polar surface area (TPSA) is 26.8 Å². The van der Waals surface area contributed by atoms with Gasteiger partial charge in [-0.3, -0.25) is 4.90 Å². The highest BCUT2D eigenvalue weighted by molar-refractivity contribution is 5.85. The lowest BCUT2D eigenvalue weighted by atomic mass is 9.88. The Morgan fingerprint density at radius 1 is 1.00 bits per heavy atom. The summed E-state index contributed by atoms with van der Waals surface area (Å²) < 4.78 is 42.1. The molecule has 30 heavy (non-hydrogen) atoms. The van der Waals surface area contributed by atoms with Gasteiger partial charge in [-0.25, -0.2) is 18.0 Å². The van der Waals surface area contributed by atoms with Crippen LogP contribution in [0.1, 0.15) is 22.7 Å². The molecular formula is C22H25ClF3N3O. The monoisotopic (exact) mass is 439 g/mol. The van der Waals surface area contributed by atoms with Crippen LogP contribution in [0.5, 0.6) is 0 Å². The molecule has 2 aromatic rings. The largest absolute Gasteiger partial charge is 0.321 e. The predicted octanol–water partition coefficient (Wildman–Crippen LogP) is 4.20. The van der Waals surface area contributed by atoms with Crippen molar-refractivity contribution in [3.63, 3.8) is 0 Å². The molecule has 2 heterocycles. The summed E-state index contributed by atoms with van der Waals surface area (Å²) in [6.07, 6.45) is 0.656. The van der Waals surface area contributed by atoms with E-state index in [-0.39, 0.29) is 31.3 Å². The van der Waals surface area contributed by atoms with Crippen molar-refractivity contribution in [2.24, 2.45) is 0 Å². The Labute approximate surface area is 180 Å². The van der Waals surface area contributed by atoms with Crippen molar-refractivity contribution in [3.05, 3.63) is 71.0 Å². The van der Waals surface area contributed by atoms with Gasteiger partial charge in [0.15, 0.2) is 0 Å². The maximum absolute atomic E-state index is 14.3. The molecule has 0 aromatic heterocycles. The molecule has 162 valence electrons. The number of alkyl halides is 2. The zero-order valence-electron chi connectivity index (χ0n) is 16.7. The molecule has 4 rings (SSSR count). The molecule has 0 N–H and O–H groups in total. The highest BCUT2D eigenvalue weighted by atomic mass is 35.5. The molecule has 0 bridgehead atoms. The predicted molar refractivity (Wildman–Crippen MR) is 112 cm³/mol. The first-order valence-electron chi connectivity index (χ1n) is 9.79. The smallest absolute Gasteiger partial charge is 0.317 e. The van der Waals surface area contributed by atoms with Gasteiger partial charge >= 0.3 is 6.03 Å². The minimum Gasteiger partial charge on any atom is -0.317 e. The van der Waals surface area contributed by atoms with Crippen LogP contribution in [0.3, 0.4) is 0 Å². The summed E-state index contributed by atoms with van der Waals surface area (Å²) in [4.78, 5) is 17.8. The summed E-state index contributed by atoms with van der Waals surface area (Å²) in [6, 6.07) is 13.0. The number of halogens is 4. The highest BCUT2D eigenvalue weighted by Gasteiger charge is 2.41. The van der Waals surface area contributed by atoms with Crippen molar-refractivity contribution in [1.29, 1.82) is 0 Å². The molecule has 1 fully saturated rings. The first-order chi connectivity index (χ1) is 13.8. The Morgan fingerprint density at radius 3 is 2.43 bits per heavy atom. The lowest BCUT2D eigenvalue weighted by molar-refractivity contribution is -0.0307. The van der Waals surface area contributed by atoms with E-state index in [1.165, 1.54) is 17.0 Å². The number of hydrogen-bond donors (Lipinski definition) is 0. The Bertz CT molecular complexity index is 893. The van der Waals surface area contributed by atoms with Gasteiger partial charge in [0.25, 0.3) is 5.92 Å². The van der Waals surface area contributed by atoms with E-state index in [1.807, 2.05) is 24.3 Å². The Balaban J connectivity index is 0.00000256. The van der Waals surface area contributed by atoms with Gasteiger partial charge in [-0.1, -0.05) is 36.4 Å². The van der Waals surface area contributed by atoms with Crippen LogP contribution in [0.2, 0.25) is 0 Å². The molecule has 0 saturated carbocycles. The van der Waals surface area contributed by atoms with Crippen LogP contribution >= 0.6 is 12.4 Å². The average molecular weight is 440 g/mol. The van der Waals surface area contributed by atoms with E-state index < -0.39 is 24.5 Å². The number of fused-ring (bicyclic) bond motifs is 1. The van der Waals surface area contributed by atoms with Crippen LogP contribution in [-0.2, 0) is 6.42 Å². The van der Waals surface area contributed by atoms with Gasteiger partial charge in [0.1, 0.15) is 5.82 Å². The molecular weight excluding hydrogens is 415 g/mol. The molecule has 1 saturated heterocycles. The van der Waals surface area contributed by atoms with Crippen LogP contribution < -0.4 is 0 Å². The number of urea groups is 1. The molecule has 0 aliphatic carbocycles. The zero-order valence-corrected chi connectivity index (χ0v) is 17.5. The number of rotatable bonds is 1. The van der Waals surface area contributed by atoms with E-state index in [0.717, 1.165) is 16.7 Å². The Hall–Kier alpha value is -2.25. The van der Waals surface area contributed by atoms with Crippen LogP contribution in [0.25, 0.3) is 0 Å². The van der Waals surface area contributed by atoms with E-state index in [9.17, 15) is 18.0 Å². The Morgan fingerprint density at radius 2 is 1.70 bits per heavy atom. The maximum atomic E-state index is 14.3.